The second kappa shape index (κ2) is 3.59. The van der Waals surface area contributed by atoms with Crippen LogP contribution in [0.4, 0.5) is 0 Å². The maximum absolute atomic E-state index is 11.4. The average molecular weight is 225 g/mol. The fourth-order valence-electron chi connectivity index (χ4n) is 2.97. The number of nitrogens with zero attached hydrogens (tertiary/aromatic N) is 1. The fraction of sp³-hybridized carbons (Fsp3) is 0.267. The molecule has 0 fully saturated rings. The maximum atomic E-state index is 11.4. The van der Waals surface area contributed by atoms with Gasteiger partial charge in [-0.25, -0.2) is 0 Å². The number of para-hydroxylation sites is 1. The summed E-state index contributed by atoms with van der Waals surface area (Å²) in [6, 6.07) is 8.13. The lowest BCUT2D eigenvalue weighted by atomic mass is 9.94. The van der Waals surface area contributed by atoms with Gasteiger partial charge >= 0.3 is 0 Å². The Hall–Kier alpha value is -1.83. The van der Waals surface area contributed by atoms with E-state index in [1.54, 1.807) is 0 Å². The van der Waals surface area contributed by atoms with E-state index in [0.717, 1.165) is 41.5 Å². The highest BCUT2D eigenvalue weighted by Gasteiger charge is 2.29. The second-order valence-electron chi connectivity index (χ2n) is 4.77. The van der Waals surface area contributed by atoms with Gasteiger partial charge in [-0.15, -0.1) is 0 Å². The molecular weight excluding hydrogens is 210 g/mol. The molecule has 2 heterocycles. The van der Waals surface area contributed by atoms with Crippen molar-refractivity contribution in [1.29, 1.82) is 0 Å². The van der Waals surface area contributed by atoms with Gasteiger partial charge in [-0.2, -0.15) is 0 Å². The van der Waals surface area contributed by atoms with Gasteiger partial charge in [-0.05, 0) is 19.4 Å². The molecule has 0 spiro atoms. The zero-order chi connectivity index (χ0) is 12.0. The maximum Gasteiger partial charge on any atom is 0.152 e. The van der Waals surface area contributed by atoms with Crippen LogP contribution in [0.1, 0.15) is 35.3 Å². The molecule has 2 heteroatoms. The summed E-state index contributed by atoms with van der Waals surface area (Å²) < 4.78 is 2.28. The molecular formula is C15H15NO. The van der Waals surface area contributed by atoms with Crippen molar-refractivity contribution in [2.24, 2.45) is 0 Å². The molecule has 1 aromatic heterocycles. The van der Waals surface area contributed by atoms with Gasteiger partial charge in [0.05, 0.1) is 0 Å². The summed E-state index contributed by atoms with van der Waals surface area (Å²) in [6.07, 6.45) is 2.06. The van der Waals surface area contributed by atoms with Crippen LogP contribution in [0.15, 0.2) is 36.4 Å². The number of aryl methyl sites for hydroxylation is 1. The van der Waals surface area contributed by atoms with Crippen LogP contribution in [0.2, 0.25) is 0 Å². The lowest BCUT2D eigenvalue weighted by Crippen LogP contribution is -1.98. The minimum Gasteiger partial charge on any atom is -0.343 e. The van der Waals surface area contributed by atoms with E-state index in [1.807, 2.05) is 25.1 Å². The molecule has 1 aromatic carbocycles. The zero-order valence-corrected chi connectivity index (χ0v) is 9.94. The number of rotatable bonds is 2. The first-order chi connectivity index (χ1) is 8.24. The molecule has 0 bridgehead atoms. The predicted octanol–water partition coefficient (Wildman–Crippen LogP) is 3.52. The van der Waals surface area contributed by atoms with Crippen molar-refractivity contribution in [1.82, 2.24) is 4.57 Å². The molecule has 0 amide bonds. The van der Waals surface area contributed by atoms with Crippen LogP contribution in [0.25, 0.3) is 10.9 Å². The number of carbonyl (C=O) groups excluding carboxylic acids is 1. The minimum absolute atomic E-state index is 0.336. The highest BCUT2D eigenvalue weighted by Crippen LogP contribution is 2.40. The monoisotopic (exact) mass is 225 g/mol. The molecule has 1 aliphatic heterocycles. The lowest BCUT2D eigenvalue weighted by molar-refractivity contribution is 0.112. The average Bonchev–Trinajstić information content (AvgIpc) is 2.86. The Labute approximate surface area is 101 Å². The van der Waals surface area contributed by atoms with Crippen molar-refractivity contribution in [3.63, 3.8) is 0 Å². The van der Waals surface area contributed by atoms with E-state index in [4.69, 9.17) is 0 Å². The molecule has 1 aliphatic rings. The summed E-state index contributed by atoms with van der Waals surface area (Å²) in [7, 11) is 0. The first-order valence-corrected chi connectivity index (χ1v) is 5.95. The smallest absolute Gasteiger partial charge is 0.152 e. The Bertz CT molecular complexity index is 621. The normalized spacial score (nSPS) is 18.3. The molecule has 86 valence electrons. The van der Waals surface area contributed by atoms with Gasteiger partial charge in [0, 0.05) is 34.6 Å². The van der Waals surface area contributed by atoms with Gasteiger partial charge in [0.1, 0.15) is 0 Å². The van der Waals surface area contributed by atoms with Gasteiger partial charge in [-0.1, -0.05) is 30.4 Å². The Morgan fingerprint density at radius 3 is 2.94 bits per heavy atom. The number of hydrogen-bond donors (Lipinski definition) is 0. The van der Waals surface area contributed by atoms with Gasteiger partial charge in [0.25, 0.3) is 0 Å². The molecule has 0 radical (unpaired) electrons. The summed E-state index contributed by atoms with van der Waals surface area (Å²) in [5.74, 6) is 0.336. The zero-order valence-electron chi connectivity index (χ0n) is 9.94. The summed E-state index contributed by atoms with van der Waals surface area (Å²) in [5.41, 5.74) is 4.34. The fourth-order valence-corrected chi connectivity index (χ4v) is 2.97. The molecule has 0 saturated heterocycles. The van der Waals surface area contributed by atoms with Crippen molar-refractivity contribution in [2.45, 2.75) is 25.8 Å². The summed E-state index contributed by atoms with van der Waals surface area (Å²) in [6.45, 7) is 7.09. The highest BCUT2D eigenvalue weighted by molar-refractivity contribution is 6.00. The summed E-state index contributed by atoms with van der Waals surface area (Å²) in [5, 5.41) is 1.07. The Kier molecular flexibility index (Phi) is 2.18. The number of benzene rings is 1. The van der Waals surface area contributed by atoms with Crippen molar-refractivity contribution in [2.75, 3.05) is 0 Å². The third-order valence-corrected chi connectivity index (χ3v) is 3.74. The Balaban J connectivity index is 2.37. The van der Waals surface area contributed by atoms with Crippen LogP contribution >= 0.6 is 0 Å². The van der Waals surface area contributed by atoms with Crippen LogP contribution in [0.3, 0.4) is 0 Å². The van der Waals surface area contributed by atoms with Crippen LogP contribution in [-0.2, 0) is 6.54 Å². The van der Waals surface area contributed by atoms with E-state index in [1.165, 1.54) is 5.52 Å². The van der Waals surface area contributed by atoms with E-state index in [2.05, 4.69) is 17.2 Å². The SMILES string of the molecule is C=C(C)C1CCn2c1c(C=O)c1ccccc12. The number of hydrogen-bond acceptors (Lipinski definition) is 1. The lowest BCUT2D eigenvalue weighted by Gasteiger charge is -2.09. The number of aromatic nitrogens is 1. The van der Waals surface area contributed by atoms with Gasteiger partial charge in [0.2, 0.25) is 0 Å². The van der Waals surface area contributed by atoms with E-state index in [9.17, 15) is 4.79 Å². The van der Waals surface area contributed by atoms with Gasteiger partial charge in [-0.3, -0.25) is 4.79 Å². The van der Waals surface area contributed by atoms with Crippen molar-refractivity contribution in [3.05, 3.63) is 47.7 Å². The molecule has 2 nitrogen and oxygen atoms in total. The Morgan fingerprint density at radius 1 is 1.47 bits per heavy atom. The predicted molar refractivity (Wildman–Crippen MR) is 69.5 cm³/mol. The van der Waals surface area contributed by atoms with Crippen molar-refractivity contribution in [3.8, 4) is 0 Å². The number of allylic oxidation sites excluding steroid dienone is 1. The minimum atomic E-state index is 0.336. The number of fused-ring (bicyclic) bond motifs is 3. The highest BCUT2D eigenvalue weighted by atomic mass is 16.1. The molecule has 0 saturated carbocycles. The van der Waals surface area contributed by atoms with Crippen LogP contribution in [0.5, 0.6) is 0 Å². The quantitative estimate of drug-likeness (QED) is 0.566. The molecule has 2 aromatic rings. The van der Waals surface area contributed by atoms with E-state index < -0.39 is 0 Å². The third-order valence-electron chi connectivity index (χ3n) is 3.74. The standard InChI is InChI=1S/C15H15NO/c1-10(2)11-7-8-16-14-6-4-3-5-12(14)13(9-17)15(11)16/h3-6,9,11H,1,7-8H2,2H3. The van der Waals surface area contributed by atoms with Crippen LogP contribution in [0, 0.1) is 0 Å². The van der Waals surface area contributed by atoms with E-state index in [-0.39, 0.29) is 0 Å². The molecule has 17 heavy (non-hydrogen) atoms. The van der Waals surface area contributed by atoms with E-state index >= 15 is 0 Å². The van der Waals surface area contributed by atoms with E-state index in [0.29, 0.717) is 5.92 Å². The molecule has 3 rings (SSSR count). The number of aldehydes is 1. The molecule has 0 N–H and O–H groups in total. The third kappa shape index (κ3) is 1.30. The first-order valence-electron chi connectivity index (χ1n) is 5.95. The summed E-state index contributed by atoms with van der Waals surface area (Å²) in [4.78, 5) is 11.4. The first kappa shape index (κ1) is 10.3. The van der Waals surface area contributed by atoms with Crippen molar-refractivity contribution < 1.29 is 4.79 Å². The molecule has 1 unspecified atom stereocenters. The second-order valence-corrected chi connectivity index (χ2v) is 4.77. The van der Waals surface area contributed by atoms with Gasteiger partial charge < -0.3 is 4.57 Å². The number of carbonyl (C=O) groups is 1. The largest absolute Gasteiger partial charge is 0.343 e. The topological polar surface area (TPSA) is 22.0 Å². The van der Waals surface area contributed by atoms with Crippen molar-refractivity contribution >= 4 is 17.2 Å². The van der Waals surface area contributed by atoms with Gasteiger partial charge in [0.15, 0.2) is 6.29 Å². The van der Waals surface area contributed by atoms with Crippen LogP contribution in [-0.4, -0.2) is 10.9 Å². The molecule has 0 aliphatic carbocycles. The summed E-state index contributed by atoms with van der Waals surface area (Å²) >= 11 is 0. The Morgan fingerprint density at radius 2 is 2.24 bits per heavy atom. The van der Waals surface area contributed by atoms with Crippen LogP contribution < -0.4 is 0 Å². The molecule has 1 atom stereocenters.